The molecule has 2 aliphatic heterocycles. The predicted molar refractivity (Wildman–Crippen MR) is 95.5 cm³/mol. The number of nitrogens with one attached hydrogen (secondary N) is 2. The molecule has 2 N–H and O–H groups in total. The second kappa shape index (κ2) is 5.30. The molecule has 4 heterocycles. The summed E-state index contributed by atoms with van der Waals surface area (Å²) in [4.78, 5) is 14.6. The van der Waals surface area contributed by atoms with Crippen molar-refractivity contribution < 1.29 is 0 Å². The molecule has 1 atom stereocenters. The average Bonchev–Trinajstić information content (AvgIpc) is 3.51. The van der Waals surface area contributed by atoms with Crippen LogP contribution in [-0.4, -0.2) is 39.0 Å². The number of aromatic nitrogens is 2. The first-order chi connectivity index (χ1) is 11.8. The lowest BCUT2D eigenvalue weighted by atomic mass is 10.1. The van der Waals surface area contributed by atoms with Gasteiger partial charge in [-0.25, -0.2) is 9.98 Å². The van der Waals surface area contributed by atoms with Crippen LogP contribution in [0.5, 0.6) is 0 Å². The Morgan fingerprint density at radius 1 is 1.29 bits per heavy atom. The SMILES string of the molecule is N=C(/N=C(\C=C1\C2CCCCN12)C1CC1)c1ccnc2[nH]ccc12. The van der Waals surface area contributed by atoms with Crippen molar-refractivity contribution in [2.75, 3.05) is 6.54 Å². The fourth-order valence-electron chi connectivity index (χ4n) is 3.82. The highest BCUT2D eigenvalue weighted by Gasteiger charge is 2.42. The molecule has 3 aliphatic rings. The van der Waals surface area contributed by atoms with Gasteiger partial charge in [0.1, 0.15) is 5.65 Å². The minimum atomic E-state index is 0.347. The third-order valence-electron chi connectivity index (χ3n) is 5.36. The average molecular weight is 319 g/mol. The molecule has 24 heavy (non-hydrogen) atoms. The van der Waals surface area contributed by atoms with Crippen LogP contribution < -0.4 is 0 Å². The molecule has 1 saturated carbocycles. The molecule has 0 radical (unpaired) electrons. The Morgan fingerprint density at radius 2 is 2.21 bits per heavy atom. The van der Waals surface area contributed by atoms with Crippen molar-refractivity contribution in [3.05, 3.63) is 41.9 Å². The summed E-state index contributed by atoms with van der Waals surface area (Å²) in [7, 11) is 0. The highest BCUT2D eigenvalue weighted by Crippen LogP contribution is 2.42. The van der Waals surface area contributed by atoms with Crippen LogP contribution in [-0.2, 0) is 0 Å². The van der Waals surface area contributed by atoms with Gasteiger partial charge in [0.05, 0.1) is 6.04 Å². The molecule has 0 bridgehead atoms. The molecule has 0 amide bonds. The van der Waals surface area contributed by atoms with E-state index in [1.165, 1.54) is 44.3 Å². The first-order valence-electron chi connectivity index (χ1n) is 8.89. The number of hydrogen-bond donors (Lipinski definition) is 2. The fourth-order valence-corrected chi connectivity index (χ4v) is 3.82. The van der Waals surface area contributed by atoms with E-state index in [2.05, 4.69) is 20.9 Å². The Kier molecular flexibility index (Phi) is 3.08. The van der Waals surface area contributed by atoms with Crippen LogP contribution in [0.4, 0.5) is 0 Å². The summed E-state index contributed by atoms with van der Waals surface area (Å²) in [5.41, 5.74) is 4.22. The van der Waals surface area contributed by atoms with Crippen molar-refractivity contribution >= 4 is 22.6 Å². The van der Waals surface area contributed by atoms with E-state index in [9.17, 15) is 0 Å². The third kappa shape index (κ3) is 2.35. The molecule has 3 fully saturated rings. The van der Waals surface area contributed by atoms with Crippen LogP contribution in [0.1, 0.15) is 37.7 Å². The van der Waals surface area contributed by atoms with Crippen LogP contribution in [0.2, 0.25) is 0 Å². The number of allylic oxidation sites excluding steroid dienone is 1. The maximum Gasteiger partial charge on any atom is 0.152 e. The van der Waals surface area contributed by atoms with Gasteiger partial charge >= 0.3 is 0 Å². The van der Waals surface area contributed by atoms with Gasteiger partial charge in [-0.1, -0.05) is 0 Å². The first kappa shape index (κ1) is 14.0. The molecule has 122 valence electrons. The molecule has 2 aromatic rings. The third-order valence-corrected chi connectivity index (χ3v) is 5.36. The number of aliphatic imine (C=N–C) groups is 1. The molecule has 0 spiro atoms. The lowest BCUT2D eigenvalue weighted by Crippen LogP contribution is -2.09. The van der Waals surface area contributed by atoms with E-state index < -0.39 is 0 Å². The molecule has 0 aromatic carbocycles. The lowest BCUT2D eigenvalue weighted by molar-refractivity contribution is 0.415. The second-order valence-corrected chi connectivity index (χ2v) is 7.03. The number of amidine groups is 1. The van der Waals surface area contributed by atoms with Crippen molar-refractivity contribution in [2.24, 2.45) is 10.9 Å². The standard InChI is InChI=1S/C19H21N5/c20-18(13-6-8-21-19-14(13)7-9-22-19)23-15(12-4-5-12)11-17-16-3-1-2-10-24(16)17/h6-9,11-12,16,20H,1-5,10H2,(H,21,22)/b17-11-,20-18?,23-15+. The van der Waals surface area contributed by atoms with Crippen LogP contribution >= 0.6 is 0 Å². The molecular formula is C19H21N5. The highest BCUT2D eigenvalue weighted by molar-refractivity contribution is 6.14. The molecule has 1 aliphatic carbocycles. The Balaban J connectivity index is 1.47. The van der Waals surface area contributed by atoms with E-state index in [0.717, 1.165) is 22.3 Å². The van der Waals surface area contributed by atoms with E-state index in [1.54, 1.807) is 6.20 Å². The normalized spacial score (nSPS) is 25.2. The maximum atomic E-state index is 8.50. The zero-order chi connectivity index (χ0) is 16.1. The minimum Gasteiger partial charge on any atom is -0.365 e. The summed E-state index contributed by atoms with van der Waals surface area (Å²) in [5, 5.41) is 9.47. The van der Waals surface area contributed by atoms with Crippen molar-refractivity contribution in [1.29, 1.82) is 5.41 Å². The molecule has 5 nitrogen and oxygen atoms in total. The number of fused-ring (bicyclic) bond motifs is 2. The lowest BCUT2D eigenvalue weighted by Gasteiger charge is -2.08. The van der Waals surface area contributed by atoms with Crippen molar-refractivity contribution in [1.82, 2.24) is 14.9 Å². The van der Waals surface area contributed by atoms with E-state index in [0.29, 0.717) is 17.8 Å². The number of H-pyrrole nitrogens is 1. The van der Waals surface area contributed by atoms with Gasteiger partial charge in [0.2, 0.25) is 0 Å². The number of rotatable bonds is 3. The second-order valence-electron chi connectivity index (χ2n) is 7.03. The number of hydrogen-bond acceptors (Lipinski definition) is 3. The summed E-state index contributed by atoms with van der Waals surface area (Å²) < 4.78 is 0. The molecule has 1 unspecified atom stereocenters. The Hall–Kier alpha value is -2.43. The summed E-state index contributed by atoms with van der Waals surface area (Å²) in [6.07, 6.45) is 12.2. The molecular weight excluding hydrogens is 298 g/mol. The molecule has 2 saturated heterocycles. The van der Waals surface area contributed by atoms with E-state index in [4.69, 9.17) is 10.4 Å². The fraction of sp³-hybridized carbons (Fsp3) is 0.421. The number of aromatic amines is 1. The predicted octanol–water partition coefficient (Wildman–Crippen LogP) is 3.49. The van der Waals surface area contributed by atoms with Gasteiger partial charge in [0, 0.05) is 47.2 Å². The Bertz CT molecular complexity index is 857. The Morgan fingerprint density at radius 3 is 3.00 bits per heavy atom. The summed E-state index contributed by atoms with van der Waals surface area (Å²) in [6, 6.07) is 4.52. The van der Waals surface area contributed by atoms with Gasteiger partial charge < -0.3 is 9.88 Å². The van der Waals surface area contributed by atoms with Gasteiger partial charge in [-0.15, -0.1) is 0 Å². The topological polar surface area (TPSA) is 67.9 Å². The molecule has 5 heteroatoms. The Labute approximate surface area is 141 Å². The minimum absolute atomic E-state index is 0.347. The largest absolute Gasteiger partial charge is 0.365 e. The van der Waals surface area contributed by atoms with Crippen LogP contribution in [0, 0.1) is 11.3 Å². The summed E-state index contributed by atoms with van der Waals surface area (Å²) in [6.45, 7) is 1.19. The zero-order valence-electron chi connectivity index (χ0n) is 13.6. The van der Waals surface area contributed by atoms with Gasteiger partial charge in [-0.3, -0.25) is 5.41 Å². The summed E-state index contributed by atoms with van der Waals surface area (Å²) in [5.74, 6) is 0.893. The van der Waals surface area contributed by atoms with Crippen LogP contribution in [0.3, 0.4) is 0 Å². The molecule has 5 rings (SSSR count). The smallest absolute Gasteiger partial charge is 0.152 e. The number of nitrogens with zero attached hydrogens (tertiary/aromatic N) is 3. The van der Waals surface area contributed by atoms with E-state index in [-0.39, 0.29) is 0 Å². The van der Waals surface area contributed by atoms with Crippen LogP contribution in [0.25, 0.3) is 11.0 Å². The quantitative estimate of drug-likeness (QED) is 0.516. The molecule has 2 aromatic heterocycles. The summed E-state index contributed by atoms with van der Waals surface area (Å²) >= 11 is 0. The zero-order valence-corrected chi connectivity index (χ0v) is 13.6. The van der Waals surface area contributed by atoms with E-state index in [1.807, 2.05) is 18.3 Å². The van der Waals surface area contributed by atoms with Crippen molar-refractivity contribution in [2.45, 2.75) is 38.1 Å². The first-order valence-corrected chi connectivity index (χ1v) is 8.89. The maximum absolute atomic E-state index is 8.50. The number of pyridine rings is 1. The van der Waals surface area contributed by atoms with Crippen molar-refractivity contribution in [3.8, 4) is 0 Å². The van der Waals surface area contributed by atoms with Gasteiger partial charge in [-0.2, -0.15) is 0 Å². The van der Waals surface area contributed by atoms with Crippen molar-refractivity contribution in [3.63, 3.8) is 0 Å². The van der Waals surface area contributed by atoms with E-state index >= 15 is 0 Å². The van der Waals surface area contributed by atoms with Crippen LogP contribution in [0.15, 0.2) is 41.3 Å². The monoisotopic (exact) mass is 319 g/mol. The highest BCUT2D eigenvalue weighted by atomic mass is 15.3. The number of piperidine rings is 1. The van der Waals surface area contributed by atoms with Gasteiger partial charge in [0.15, 0.2) is 5.84 Å². The van der Waals surface area contributed by atoms with Gasteiger partial charge in [0.25, 0.3) is 0 Å². The van der Waals surface area contributed by atoms with Gasteiger partial charge in [-0.05, 0) is 50.3 Å².